The van der Waals surface area contributed by atoms with Crippen LogP contribution in [0.4, 0.5) is 5.13 Å². The number of fused-ring (bicyclic) bond motifs is 1. The summed E-state index contributed by atoms with van der Waals surface area (Å²) in [6.45, 7) is 6.00. The van der Waals surface area contributed by atoms with E-state index in [-0.39, 0.29) is 17.7 Å². The van der Waals surface area contributed by atoms with Crippen LogP contribution in [-0.4, -0.2) is 41.3 Å². The summed E-state index contributed by atoms with van der Waals surface area (Å²) in [7, 11) is 0. The van der Waals surface area contributed by atoms with E-state index in [4.69, 9.17) is 0 Å². The van der Waals surface area contributed by atoms with E-state index in [0.717, 1.165) is 42.8 Å². The van der Waals surface area contributed by atoms with Crippen LogP contribution in [0, 0.1) is 5.92 Å². The van der Waals surface area contributed by atoms with Crippen LogP contribution in [-0.2, 0) is 22.6 Å². The number of hydrogen-bond donors (Lipinski definition) is 2. The van der Waals surface area contributed by atoms with Crippen molar-refractivity contribution in [2.24, 2.45) is 5.92 Å². The van der Waals surface area contributed by atoms with Gasteiger partial charge < -0.3 is 10.6 Å². The number of nitrogens with one attached hydrogen (secondary N) is 2. The smallest absolute Gasteiger partial charge is 0.234 e. The quantitative estimate of drug-likeness (QED) is 0.774. The van der Waals surface area contributed by atoms with Crippen molar-refractivity contribution < 1.29 is 9.59 Å². The van der Waals surface area contributed by atoms with E-state index in [9.17, 15) is 9.59 Å². The van der Waals surface area contributed by atoms with Gasteiger partial charge in [-0.1, -0.05) is 12.5 Å². The third-order valence-corrected chi connectivity index (χ3v) is 5.32. The predicted molar refractivity (Wildman–Crippen MR) is 90.3 cm³/mol. The number of anilines is 1. The third-order valence-electron chi connectivity index (χ3n) is 4.33. The van der Waals surface area contributed by atoms with Gasteiger partial charge in [0.15, 0.2) is 5.13 Å². The summed E-state index contributed by atoms with van der Waals surface area (Å²) in [5.41, 5.74) is 1.06. The average molecular weight is 334 g/mol. The standard InChI is InChI=1S/C16H22N4O2S/c1-2-7-17-14(21)10-20-8-6-12-13(9-20)23-16(18-12)19-15(22)11-4-3-5-11/h2,11H,1,3-10H2,(H,17,21)(H,18,19,22). The highest BCUT2D eigenvalue weighted by Gasteiger charge is 2.27. The fraction of sp³-hybridized carbons (Fsp3) is 0.562. The first-order valence-electron chi connectivity index (χ1n) is 8.05. The topological polar surface area (TPSA) is 74.3 Å². The molecule has 1 aliphatic heterocycles. The normalized spacial score (nSPS) is 17.9. The average Bonchev–Trinajstić information content (AvgIpc) is 2.84. The molecule has 2 aliphatic rings. The van der Waals surface area contributed by atoms with Gasteiger partial charge in [-0.3, -0.25) is 14.5 Å². The summed E-state index contributed by atoms with van der Waals surface area (Å²) >= 11 is 1.53. The largest absolute Gasteiger partial charge is 0.352 e. The maximum Gasteiger partial charge on any atom is 0.234 e. The predicted octanol–water partition coefficient (Wildman–Crippen LogP) is 1.54. The van der Waals surface area contributed by atoms with Gasteiger partial charge in [0.25, 0.3) is 0 Å². The number of aromatic nitrogens is 1. The molecule has 2 heterocycles. The van der Waals surface area contributed by atoms with Crippen molar-refractivity contribution in [3.63, 3.8) is 0 Å². The molecule has 23 heavy (non-hydrogen) atoms. The van der Waals surface area contributed by atoms with Gasteiger partial charge >= 0.3 is 0 Å². The summed E-state index contributed by atoms with van der Waals surface area (Å²) in [5, 5.41) is 6.44. The number of carbonyl (C=O) groups excluding carboxylic acids is 2. The molecule has 0 aromatic carbocycles. The van der Waals surface area contributed by atoms with Crippen LogP contribution in [0.25, 0.3) is 0 Å². The van der Waals surface area contributed by atoms with Crippen molar-refractivity contribution in [3.05, 3.63) is 23.2 Å². The Hall–Kier alpha value is -1.73. The Morgan fingerprint density at radius 3 is 2.96 bits per heavy atom. The van der Waals surface area contributed by atoms with Crippen LogP contribution >= 0.6 is 11.3 Å². The second-order valence-electron chi connectivity index (χ2n) is 6.06. The summed E-state index contributed by atoms with van der Waals surface area (Å²) in [6.07, 6.45) is 5.62. The summed E-state index contributed by atoms with van der Waals surface area (Å²) in [4.78, 5) is 31.6. The lowest BCUT2D eigenvalue weighted by atomic mass is 9.85. The van der Waals surface area contributed by atoms with E-state index in [2.05, 4.69) is 27.1 Å². The highest BCUT2D eigenvalue weighted by molar-refractivity contribution is 7.15. The molecular formula is C16H22N4O2S. The Balaban J connectivity index is 1.55. The Kier molecular flexibility index (Phi) is 5.07. The number of nitrogens with zero attached hydrogens (tertiary/aromatic N) is 2. The van der Waals surface area contributed by atoms with Crippen LogP contribution in [0.15, 0.2) is 12.7 Å². The fourth-order valence-electron chi connectivity index (χ4n) is 2.76. The first-order chi connectivity index (χ1) is 11.2. The molecule has 1 aromatic rings. The van der Waals surface area contributed by atoms with Gasteiger partial charge in [-0.05, 0) is 12.8 Å². The molecule has 1 aliphatic carbocycles. The lowest BCUT2D eigenvalue weighted by Gasteiger charge is -2.24. The van der Waals surface area contributed by atoms with Crippen molar-refractivity contribution in [1.82, 2.24) is 15.2 Å². The molecule has 0 radical (unpaired) electrons. The van der Waals surface area contributed by atoms with Gasteiger partial charge in [-0.15, -0.1) is 17.9 Å². The molecule has 0 spiro atoms. The Labute approximate surface area is 140 Å². The first-order valence-corrected chi connectivity index (χ1v) is 8.86. The first kappa shape index (κ1) is 16.1. The van der Waals surface area contributed by atoms with Crippen molar-refractivity contribution in [1.29, 1.82) is 0 Å². The van der Waals surface area contributed by atoms with E-state index >= 15 is 0 Å². The SMILES string of the molecule is C=CCNC(=O)CN1CCc2nc(NC(=O)C3CCC3)sc2C1. The molecule has 0 unspecified atom stereocenters. The number of hydrogen-bond acceptors (Lipinski definition) is 5. The van der Waals surface area contributed by atoms with Crippen LogP contribution in [0.3, 0.4) is 0 Å². The zero-order valence-electron chi connectivity index (χ0n) is 13.1. The molecule has 0 atom stereocenters. The van der Waals surface area contributed by atoms with Crippen LogP contribution in [0.1, 0.15) is 29.8 Å². The minimum Gasteiger partial charge on any atom is -0.352 e. The van der Waals surface area contributed by atoms with E-state index in [1.807, 2.05) is 0 Å². The van der Waals surface area contributed by atoms with Gasteiger partial charge in [0.1, 0.15) is 0 Å². The van der Waals surface area contributed by atoms with E-state index in [0.29, 0.717) is 24.8 Å². The van der Waals surface area contributed by atoms with Crippen molar-refractivity contribution in [2.45, 2.75) is 32.2 Å². The van der Waals surface area contributed by atoms with Gasteiger partial charge in [-0.25, -0.2) is 4.98 Å². The second kappa shape index (κ2) is 7.23. The second-order valence-corrected chi connectivity index (χ2v) is 7.14. The molecule has 2 amide bonds. The minimum atomic E-state index is 0.0105. The number of rotatable bonds is 6. The third kappa shape index (κ3) is 3.97. The Morgan fingerprint density at radius 2 is 2.26 bits per heavy atom. The zero-order chi connectivity index (χ0) is 16.2. The molecule has 124 valence electrons. The number of thiazole rings is 1. The van der Waals surface area contributed by atoms with Crippen molar-refractivity contribution in [2.75, 3.05) is 25.0 Å². The highest BCUT2D eigenvalue weighted by Crippen LogP contribution is 2.31. The zero-order valence-corrected chi connectivity index (χ0v) is 14.0. The summed E-state index contributed by atoms with van der Waals surface area (Å²) < 4.78 is 0. The lowest BCUT2D eigenvalue weighted by molar-refractivity contribution is -0.123. The highest BCUT2D eigenvalue weighted by atomic mass is 32.1. The molecule has 1 aromatic heterocycles. The van der Waals surface area contributed by atoms with Gasteiger partial charge in [0.2, 0.25) is 11.8 Å². The Morgan fingerprint density at radius 1 is 1.43 bits per heavy atom. The number of carbonyl (C=O) groups is 2. The minimum absolute atomic E-state index is 0.0105. The molecule has 1 fully saturated rings. The molecule has 0 bridgehead atoms. The Bertz CT molecular complexity index is 609. The van der Waals surface area contributed by atoms with Crippen LogP contribution < -0.4 is 10.6 Å². The van der Waals surface area contributed by atoms with Crippen molar-refractivity contribution in [3.8, 4) is 0 Å². The van der Waals surface area contributed by atoms with E-state index in [1.54, 1.807) is 6.08 Å². The van der Waals surface area contributed by atoms with Crippen molar-refractivity contribution >= 4 is 28.3 Å². The molecular weight excluding hydrogens is 312 g/mol. The van der Waals surface area contributed by atoms with Gasteiger partial charge in [0, 0.05) is 36.9 Å². The van der Waals surface area contributed by atoms with E-state index < -0.39 is 0 Å². The summed E-state index contributed by atoms with van der Waals surface area (Å²) in [6, 6.07) is 0. The molecule has 3 rings (SSSR count). The van der Waals surface area contributed by atoms with Gasteiger partial charge in [0.05, 0.1) is 12.2 Å². The maximum atomic E-state index is 12.0. The molecule has 1 saturated carbocycles. The maximum absolute atomic E-state index is 12.0. The number of amides is 2. The van der Waals surface area contributed by atoms with E-state index in [1.165, 1.54) is 11.3 Å². The van der Waals surface area contributed by atoms with Crippen LogP contribution in [0.5, 0.6) is 0 Å². The monoisotopic (exact) mass is 334 g/mol. The van der Waals surface area contributed by atoms with Gasteiger partial charge in [-0.2, -0.15) is 0 Å². The molecule has 2 N–H and O–H groups in total. The van der Waals surface area contributed by atoms with Crippen LogP contribution in [0.2, 0.25) is 0 Å². The summed E-state index contributed by atoms with van der Waals surface area (Å²) in [5.74, 6) is 0.278. The molecule has 7 heteroatoms. The molecule has 0 saturated heterocycles. The fourth-order valence-corrected chi connectivity index (χ4v) is 3.81. The lowest BCUT2D eigenvalue weighted by Crippen LogP contribution is -2.39. The molecule has 6 nitrogen and oxygen atoms in total.